The second kappa shape index (κ2) is 8.28. The van der Waals surface area contributed by atoms with Gasteiger partial charge in [-0.1, -0.05) is 60.7 Å². The number of nitrogens with zero attached hydrogens (tertiary/aromatic N) is 2. The molecule has 1 saturated carbocycles. The van der Waals surface area contributed by atoms with Crippen LogP contribution in [-0.2, 0) is 4.79 Å². The third-order valence-electron chi connectivity index (χ3n) is 7.27. The Balaban J connectivity index is 1.48. The van der Waals surface area contributed by atoms with Gasteiger partial charge in [-0.25, -0.2) is 4.79 Å². The molecule has 2 aromatic carbocycles. The normalized spacial score (nSPS) is 20.2. The molecule has 1 aliphatic heterocycles. The van der Waals surface area contributed by atoms with Crippen LogP contribution >= 0.6 is 0 Å². The Kier molecular flexibility index (Phi) is 5.39. The van der Waals surface area contributed by atoms with Crippen molar-refractivity contribution in [2.45, 2.75) is 45.2 Å². The van der Waals surface area contributed by atoms with Gasteiger partial charge in [0, 0.05) is 17.0 Å². The lowest BCUT2D eigenvalue weighted by Gasteiger charge is -2.24. The zero-order valence-corrected chi connectivity index (χ0v) is 19.7. The van der Waals surface area contributed by atoms with Crippen molar-refractivity contribution in [3.63, 3.8) is 0 Å². The Morgan fingerprint density at radius 3 is 2.09 bits per heavy atom. The van der Waals surface area contributed by atoms with E-state index in [1.807, 2.05) is 56.3 Å². The van der Waals surface area contributed by atoms with E-state index in [-0.39, 0.29) is 30.2 Å². The number of aromatic nitrogens is 1. The fourth-order valence-electron chi connectivity index (χ4n) is 5.24. The van der Waals surface area contributed by atoms with E-state index in [4.69, 9.17) is 0 Å². The van der Waals surface area contributed by atoms with Crippen LogP contribution in [0.25, 0.3) is 0 Å². The number of carbonyl (C=O) groups is 3. The van der Waals surface area contributed by atoms with E-state index >= 15 is 0 Å². The maximum atomic E-state index is 13.4. The SMILES string of the molecule is Cc1cc(C(=O)CN2C(=O)N[C@@](C)(C3CC3)C2=O)c(C)n1C(c1ccccc1)c1ccccc1. The molecule has 0 spiro atoms. The lowest BCUT2D eigenvalue weighted by Crippen LogP contribution is -2.46. The van der Waals surface area contributed by atoms with Crippen LogP contribution < -0.4 is 5.32 Å². The number of ketones is 1. The number of hydrogen-bond donors (Lipinski definition) is 1. The predicted molar refractivity (Wildman–Crippen MR) is 130 cm³/mol. The highest BCUT2D eigenvalue weighted by molar-refractivity contribution is 6.11. The van der Waals surface area contributed by atoms with Crippen LogP contribution in [0.5, 0.6) is 0 Å². The molecular weight excluding hydrogens is 426 g/mol. The second-order valence-electron chi connectivity index (χ2n) is 9.60. The molecule has 2 aliphatic rings. The summed E-state index contributed by atoms with van der Waals surface area (Å²) >= 11 is 0. The Morgan fingerprint density at radius 2 is 1.56 bits per heavy atom. The number of nitrogens with one attached hydrogen (secondary N) is 1. The molecule has 2 heterocycles. The molecule has 1 saturated heterocycles. The van der Waals surface area contributed by atoms with Crippen LogP contribution in [0.4, 0.5) is 4.79 Å². The third-order valence-corrected chi connectivity index (χ3v) is 7.27. The number of rotatable bonds is 7. The lowest BCUT2D eigenvalue weighted by molar-refractivity contribution is -0.131. The average Bonchev–Trinajstić information content (AvgIpc) is 3.62. The van der Waals surface area contributed by atoms with Gasteiger partial charge < -0.3 is 9.88 Å². The molecule has 5 rings (SSSR count). The summed E-state index contributed by atoms with van der Waals surface area (Å²) in [6.45, 7) is 5.43. The first-order valence-corrected chi connectivity index (χ1v) is 11.8. The summed E-state index contributed by atoms with van der Waals surface area (Å²) in [4.78, 5) is 40.0. The van der Waals surface area contributed by atoms with Gasteiger partial charge in [-0.2, -0.15) is 0 Å². The molecule has 0 radical (unpaired) electrons. The topological polar surface area (TPSA) is 71.4 Å². The van der Waals surface area contributed by atoms with Gasteiger partial charge in [0.2, 0.25) is 0 Å². The first-order valence-electron chi connectivity index (χ1n) is 11.8. The van der Waals surface area contributed by atoms with Gasteiger partial charge in [-0.3, -0.25) is 14.5 Å². The summed E-state index contributed by atoms with van der Waals surface area (Å²) in [5, 5.41) is 2.82. The van der Waals surface area contributed by atoms with Crippen LogP contribution in [0.15, 0.2) is 66.7 Å². The summed E-state index contributed by atoms with van der Waals surface area (Å²) < 4.78 is 2.16. The molecule has 174 valence electrons. The molecule has 34 heavy (non-hydrogen) atoms. The maximum absolute atomic E-state index is 13.4. The second-order valence-corrected chi connectivity index (χ2v) is 9.60. The van der Waals surface area contributed by atoms with Gasteiger partial charge in [-0.05, 0) is 56.7 Å². The minimum Gasteiger partial charge on any atom is -0.337 e. The molecular formula is C28H29N3O3. The molecule has 1 aromatic heterocycles. The Labute approximate surface area is 199 Å². The van der Waals surface area contributed by atoms with Crippen molar-refractivity contribution < 1.29 is 14.4 Å². The zero-order valence-electron chi connectivity index (χ0n) is 19.7. The minimum absolute atomic E-state index is 0.0983. The average molecular weight is 456 g/mol. The van der Waals surface area contributed by atoms with Gasteiger partial charge in [0.25, 0.3) is 5.91 Å². The van der Waals surface area contributed by atoms with Crippen LogP contribution in [0.1, 0.15) is 58.7 Å². The van der Waals surface area contributed by atoms with E-state index in [1.165, 1.54) is 0 Å². The molecule has 1 aliphatic carbocycles. The highest BCUT2D eigenvalue weighted by Crippen LogP contribution is 2.42. The van der Waals surface area contributed by atoms with Crippen molar-refractivity contribution in [3.8, 4) is 0 Å². The fourth-order valence-corrected chi connectivity index (χ4v) is 5.24. The van der Waals surface area contributed by atoms with Gasteiger partial charge in [0.1, 0.15) is 5.54 Å². The van der Waals surface area contributed by atoms with Crippen molar-refractivity contribution in [3.05, 3.63) is 94.8 Å². The maximum Gasteiger partial charge on any atom is 0.325 e. The highest BCUT2D eigenvalue weighted by Gasteiger charge is 2.56. The molecule has 0 bridgehead atoms. The van der Waals surface area contributed by atoms with Gasteiger partial charge in [0.15, 0.2) is 5.78 Å². The smallest absolute Gasteiger partial charge is 0.325 e. The van der Waals surface area contributed by atoms with Crippen molar-refractivity contribution in [1.82, 2.24) is 14.8 Å². The van der Waals surface area contributed by atoms with Crippen molar-refractivity contribution >= 4 is 17.7 Å². The van der Waals surface area contributed by atoms with Crippen LogP contribution in [-0.4, -0.2) is 39.3 Å². The molecule has 1 N–H and O–H groups in total. The number of aryl methyl sites for hydroxylation is 1. The van der Waals surface area contributed by atoms with E-state index in [0.29, 0.717) is 5.56 Å². The van der Waals surface area contributed by atoms with E-state index < -0.39 is 11.6 Å². The number of amides is 3. The van der Waals surface area contributed by atoms with E-state index in [9.17, 15) is 14.4 Å². The largest absolute Gasteiger partial charge is 0.337 e. The fraction of sp³-hybridized carbons (Fsp3) is 0.321. The monoisotopic (exact) mass is 455 g/mol. The minimum atomic E-state index is -0.889. The summed E-state index contributed by atoms with van der Waals surface area (Å²) in [6, 6.07) is 21.7. The molecule has 2 fully saturated rings. The highest BCUT2D eigenvalue weighted by atomic mass is 16.2. The van der Waals surface area contributed by atoms with E-state index in [2.05, 4.69) is 34.1 Å². The lowest BCUT2D eigenvalue weighted by atomic mass is 9.96. The summed E-state index contributed by atoms with van der Waals surface area (Å²) in [7, 11) is 0. The number of urea groups is 1. The molecule has 6 nitrogen and oxygen atoms in total. The third kappa shape index (κ3) is 3.63. The van der Waals surface area contributed by atoms with Gasteiger partial charge in [-0.15, -0.1) is 0 Å². The summed E-state index contributed by atoms with van der Waals surface area (Å²) in [6.07, 6.45) is 1.84. The Hall–Kier alpha value is -3.67. The van der Waals surface area contributed by atoms with Crippen molar-refractivity contribution in [1.29, 1.82) is 0 Å². The predicted octanol–water partition coefficient (Wildman–Crippen LogP) is 4.65. The standard InChI is InChI=1S/C28H29N3O3/c1-18-16-23(24(32)17-30-26(33)28(3,22-14-15-22)29-27(30)34)19(2)31(18)25(20-10-6-4-7-11-20)21-12-8-5-9-13-21/h4-13,16,22,25H,14-15,17H2,1-3H3,(H,29,34)/t28-/m0/s1. The molecule has 3 amide bonds. The quantitative estimate of drug-likeness (QED) is 0.417. The van der Waals surface area contributed by atoms with Crippen molar-refractivity contribution in [2.75, 3.05) is 6.54 Å². The van der Waals surface area contributed by atoms with Crippen LogP contribution in [0.2, 0.25) is 0 Å². The number of hydrogen-bond acceptors (Lipinski definition) is 3. The Morgan fingerprint density at radius 1 is 1.00 bits per heavy atom. The number of imide groups is 1. The van der Waals surface area contributed by atoms with Crippen molar-refractivity contribution in [2.24, 2.45) is 5.92 Å². The molecule has 6 heteroatoms. The first-order chi connectivity index (χ1) is 16.3. The molecule has 0 unspecified atom stereocenters. The Bertz CT molecular complexity index is 1220. The van der Waals surface area contributed by atoms with E-state index in [1.54, 1.807) is 6.92 Å². The summed E-state index contributed by atoms with van der Waals surface area (Å²) in [5.74, 6) is -0.372. The zero-order chi connectivity index (χ0) is 24.0. The number of benzene rings is 2. The molecule has 3 aromatic rings. The van der Waals surface area contributed by atoms with Gasteiger partial charge in [0.05, 0.1) is 12.6 Å². The number of Topliss-reactive ketones (excluding diaryl/α,β-unsaturated/α-hetero) is 1. The van der Waals surface area contributed by atoms with Crippen LogP contribution in [0, 0.1) is 19.8 Å². The van der Waals surface area contributed by atoms with Crippen LogP contribution in [0.3, 0.4) is 0 Å². The number of carbonyl (C=O) groups excluding carboxylic acids is 3. The van der Waals surface area contributed by atoms with Gasteiger partial charge >= 0.3 is 6.03 Å². The molecule has 1 atom stereocenters. The summed E-state index contributed by atoms with van der Waals surface area (Å²) in [5.41, 5.74) is 3.64. The first kappa shape index (κ1) is 22.1. The van der Waals surface area contributed by atoms with E-state index in [0.717, 1.165) is 40.3 Å².